The van der Waals surface area contributed by atoms with E-state index in [1.54, 1.807) is 0 Å². The van der Waals surface area contributed by atoms with Crippen molar-refractivity contribution in [3.8, 4) is 0 Å². The minimum atomic E-state index is 0.217. The molecular formula is C23H24N4O. The highest BCUT2D eigenvalue weighted by molar-refractivity contribution is 6.06. The highest BCUT2D eigenvalue weighted by Crippen LogP contribution is 2.28. The molecule has 2 aromatic heterocycles. The zero-order valence-corrected chi connectivity index (χ0v) is 16.1. The predicted molar refractivity (Wildman–Crippen MR) is 113 cm³/mol. The second-order valence-electron chi connectivity index (χ2n) is 7.12. The minimum absolute atomic E-state index is 0.217. The molecule has 2 aromatic carbocycles. The van der Waals surface area contributed by atoms with Crippen LogP contribution in [0.25, 0.3) is 21.9 Å². The number of hydrogen-bond donors (Lipinski definition) is 1. The number of aromatic nitrogens is 3. The van der Waals surface area contributed by atoms with E-state index in [9.17, 15) is 4.79 Å². The molecule has 0 radical (unpaired) electrons. The number of nitrogen functional groups attached to an aromatic ring is 1. The van der Waals surface area contributed by atoms with Gasteiger partial charge in [0.15, 0.2) is 11.6 Å². The lowest BCUT2D eigenvalue weighted by Crippen LogP contribution is -2.03. The van der Waals surface area contributed by atoms with E-state index < -0.39 is 0 Å². The van der Waals surface area contributed by atoms with Crippen molar-refractivity contribution in [2.75, 3.05) is 5.73 Å². The fourth-order valence-electron chi connectivity index (χ4n) is 3.74. The van der Waals surface area contributed by atoms with Gasteiger partial charge in [0.2, 0.25) is 0 Å². The maximum absolute atomic E-state index is 12.2. The number of rotatable bonds is 7. The normalized spacial score (nSPS) is 11.3. The van der Waals surface area contributed by atoms with Gasteiger partial charge in [0, 0.05) is 23.9 Å². The summed E-state index contributed by atoms with van der Waals surface area (Å²) in [6, 6.07) is 17.5. The Bertz CT molecular complexity index is 1130. The molecule has 0 atom stereocenters. The summed E-state index contributed by atoms with van der Waals surface area (Å²) >= 11 is 0. The summed E-state index contributed by atoms with van der Waals surface area (Å²) in [6.45, 7) is 2.86. The van der Waals surface area contributed by atoms with Crippen LogP contribution < -0.4 is 5.73 Å². The largest absolute Gasteiger partial charge is 0.382 e. The summed E-state index contributed by atoms with van der Waals surface area (Å²) in [6.07, 6.45) is 3.47. The summed E-state index contributed by atoms with van der Waals surface area (Å²) in [5, 5.41) is 1.08. The van der Waals surface area contributed by atoms with Crippen LogP contribution in [0.1, 0.15) is 41.9 Å². The van der Waals surface area contributed by atoms with E-state index >= 15 is 0 Å². The zero-order valence-electron chi connectivity index (χ0n) is 16.1. The molecular weight excluding hydrogens is 348 g/mol. The molecule has 0 aliphatic rings. The first kappa shape index (κ1) is 18.2. The van der Waals surface area contributed by atoms with Crippen molar-refractivity contribution >= 4 is 33.5 Å². The van der Waals surface area contributed by atoms with Crippen LogP contribution in [-0.4, -0.2) is 20.3 Å². The van der Waals surface area contributed by atoms with Crippen LogP contribution in [0.15, 0.2) is 54.6 Å². The molecule has 4 aromatic rings. The number of imidazole rings is 1. The summed E-state index contributed by atoms with van der Waals surface area (Å²) in [5.74, 6) is 1.64. The van der Waals surface area contributed by atoms with Gasteiger partial charge in [-0.15, -0.1) is 0 Å². The number of pyridine rings is 1. The number of anilines is 1. The van der Waals surface area contributed by atoms with Crippen molar-refractivity contribution in [3.05, 3.63) is 66.0 Å². The molecule has 0 aliphatic heterocycles. The Morgan fingerprint density at radius 1 is 0.964 bits per heavy atom. The van der Waals surface area contributed by atoms with Gasteiger partial charge < -0.3 is 10.3 Å². The van der Waals surface area contributed by atoms with Gasteiger partial charge in [-0.2, -0.15) is 0 Å². The first-order valence-corrected chi connectivity index (χ1v) is 9.74. The summed E-state index contributed by atoms with van der Waals surface area (Å²) < 4.78 is 2.23. The van der Waals surface area contributed by atoms with Gasteiger partial charge in [-0.3, -0.25) is 4.79 Å². The van der Waals surface area contributed by atoms with E-state index in [-0.39, 0.29) is 5.78 Å². The number of aryl methyl sites for hydroxylation is 2. The van der Waals surface area contributed by atoms with Crippen LogP contribution in [0.4, 0.5) is 5.82 Å². The lowest BCUT2D eigenvalue weighted by Gasteiger charge is -2.09. The number of unbranched alkanes of at least 4 members (excludes halogenated alkanes) is 2. The second kappa shape index (κ2) is 7.80. The summed E-state index contributed by atoms with van der Waals surface area (Å²) in [5.41, 5.74) is 9.67. The van der Waals surface area contributed by atoms with Gasteiger partial charge in [0.05, 0.1) is 11.0 Å². The third-order valence-electron chi connectivity index (χ3n) is 5.18. The van der Waals surface area contributed by atoms with Crippen LogP contribution in [-0.2, 0) is 6.54 Å². The molecule has 0 bridgehead atoms. The second-order valence-corrected chi connectivity index (χ2v) is 7.12. The van der Waals surface area contributed by atoms with Gasteiger partial charge >= 0.3 is 0 Å². The molecule has 0 unspecified atom stereocenters. The SMILES string of the molecule is Cc1nc2c(N)nc3ccccc3c2n1CCCCCC(=O)c1ccccc1. The van der Waals surface area contributed by atoms with Crippen molar-refractivity contribution in [2.45, 2.75) is 39.2 Å². The van der Waals surface area contributed by atoms with Gasteiger partial charge in [0.1, 0.15) is 11.3 Å². The fourth-order valence-corrected chi connectivity index (χ4v) is 3.74. The zero-order chi connectivity index (χ0) is 19.5. The molecule has 0 fully saturated rings. The predicted octanol–water partition coefficient (Wildman–Crippen LogP) is 4.92. The van der Waals surface area contributed by atoms with E-state index in [1.807, 2.05) is 55.5 Å². The average molecular weight is 372 g/mol. The lowest BCUT2D eigenvalue weighted by atomic mass is 10.0. The summed E-state index contributed by atoms with van der Waals surface area (Å²) in [7, 11) is 0. The van der Waals surface area contributed by atoms with E-state index in [0.717, 1.165) is 59.1 Å². The highest BCUT2D eigenvalue weighted by Gasteiger charge is 2.14. The maximum Gasteiger partial charge on any atom is 0.162 e. The third-order valence-corrected chi connectivity index (χ3v) is 5.18. The molecule has 0 amide bonds. The number of carbonyl (C=O) groups excluding carboxylic acids is 1. The van der Waals surface area contributed by atoms with Crippen molar-refractivity contribution in [3.63, 3.8) is 0 Å². The van der Waals surface area contributed by atoms with Crippen LogP contribution in [0, 0.1) is 6.92 Å². The van der Waals surface area contributed by atoms with E-state index in [0.29, 0.717) is 12.2 Å². The molecule has 5 heteroatoms. The molecule has 0 saturated heterocycles. The lowest BCUT2D eigenvalue weighted by molar-refractivity contribution is 0.0979. The van der Waals surface area contributed by atoms with Crippen LogP contribution in [0.2, 0.25) is 0 Å². The quantitative estimate of drug-likeness (QED) is 0.369. The van der Waals surface area contributed by atoms with Crippen LogP contribution >= 0.6 is 0 Å². The maximum atomic E-state index is 12.2. The number of carbonyl (C=O) groups is 1. The van der Waals surface area contributed by atoms with Crippen LogP contribution in [0.3, 0.4) is 0 Å². The Hall–Kier alpha value is -3.21. The van der Waals surface area contributed by atoms with Crippen molar-refractivity contribution in [2.24, 2.45) is 0 Å². The molecule has 5 nitrogen and oxygen atoms in total. The number of para-hydroxylation sites is 1. The average Bonchev–Trinajstić information content (AvgIpc) is 3.05. The molecule has 2 N–H and O–H groups in total. The van der Waals surface area contributed by atoms with Crippen molar-refractivity contribution < 1.29 is 4.79 Å². The first-order valence-electron chi connectivity index (χ1n) is 9.74. The van der Waals surface area contributed by atoms with Gasteiger partial charge in [-0.25, -0.2) is 9.97 Å². The van der Waals surface area contributed by atoms with Crippen molar-refractivity contribution in [1.82, 2.24) is 14.5 Å². The van der Waals surface area contributed by atoms with Crippen molar-refractivity contribution in [1.29, 1.82) is 0 Å². The number of nitrogens with zero attached hydrogens (tertiary/aromatic N) is 3. The number of fused-ring (bicyclic) bond motifs is 3. The van der Waals surface area contributed by atoms with E-state index in [2.05, 4.69) is 20.6 Å². The number of nitrogens with two attached hydrogens (primary N) is 1. The Morgan fingerprint density at radius 3 is 2.54 bits per heavy atom. The topological polar surface area (TPSA) is 73.8 Å². The Balaban J connectivity index is 1.45. The Labute approximate surface area is 164 Å². The van der Waals surface area contributed by atoms with E-state index in [1.165, 1.54) is 0 Å². The number of benzene rings is 2. The molecule has 142 valence electrons. The van der Waals surface area contributed by atoms with E-state index in [4.69, 9.17) is 5.73 Å². The smallest absolute Gasteiger partial charge is 0.162 e. The third kappa shape index (κ3) is 3.48. The van der Waals surface area contributed by atoms with Gasteiger partial charge in [-0.1, -0.05) is 55.0 Å². The monoisotopic (exact) mass is 372 g/mol. The molecule has 0 spiro atoms. The molecule has 28 heavy (non-hydrogen) atoms. The number of hydrogen-bond acceptors (Lipinski definition) is 4. The standard InChI is InChI=1S/C23H24N4O/c1-16-25-21-22(18-12-7-8-13-19(18)26-23(21)24)27(16)15-9-3-6-14-20(28)17-10-4-2-5-11-17/h2,4-5,7-8,10-13H,3,6,9,14-15H2,1H3,(H2,24,26). The highest BCUT2D eigenvalue weighted by atomic mass is 16.1. The molecule has 2 heterocycles. The number of ketones is 1. The molecule has 0 aliphatic carbocycles. The Morgan fingerprint density at radius 2 is 1.71 bits per heavy atom. The van der Waals surface area contributed by atoms with Gasteiger partial charge in [0.25, 0.3) is 0 Å². The van der Waals surface area contributed by atoms with Gasteiger partial charge in [-0.05, 0) is 25.8 Å². The first-order chi connectivity index (χ1) is 13.6. The van der Waals surface area contributed by atoms with Crippen LogP contribution in [0.5, 0.6) is 0 Å². The number of Topliss-reactive ketones (excluding diaryl/α,β-unsaturated/α-hetero) is 1. The summed E-state index contributed by atoms with van der Waals surface area (Å²) in [4.78, 5) is 21.3. The molecule has 4 rings (SSSR count). The molecule has 0 saturated carbocycles. The fraction of sp³-hybridized carbons (Fsp3) is 0.261. The Kier molecular flexibility index (Phi) is 5.06. The minimum Gasteiger partial charge on any atom is -0.382 e.